The molecule has 336 valence electrons. The lowest BCUT2D eigenvalue weighted by atomic mass is 9.86. The van der Waals surface area contributed by atoms with Crippen molar-refractivity contribution in [2.45, 2.75) is 57.4 Å². The number of amides is 3. The lowest BCUT2D eigenvalue weighted by Crippen LogP contribution is -2.36. The highest BCUT2D eigenvalue weighted by Gasteiger charge is 2.44. The third kappa shape index (κ3) is 11.0. The van der Waals surface area contributed by atoms with Crippen LogP contribution in [-0.2, 0) is 39.4 Å². The van der Waals surface area contributed by atoms with Crippen molar-refractivity contribution in [2.75, 3.05) is 42.3 Å². The number of anilines is 2. The molecule has 7 rings (SSSR count). The minimum atomic E-state index is -0.979. The smallest absolute Gasteiger partial charge is 0.296 e. The van der Waals surface area contributed by atoms with E-state index in [1.807, 2.05) is 24.3 Å². The number of nitrogens with zero attached hydrogens (tertiary/aromatic N) is 6. The molecule has 1 aliphatic rings. The van der Waals surface area contributed by atoms with E-state index in [9.17, 15) is 18.8 Å². The van der Waals surface area contributed by atoms with Crippen molar-refractivity contribution in [3.8, 4) is 11.8 Å². The largest absolute Gasteiger partial charge is 0.378 e. The first-order valence-corrected chi connectivity index (χ1v) is 22.2. The zero-order chi connectivity index (χ0) is 46.3. The topological polar surface area (TPSA) is 156 Å². The zero-order valence-corrected chi connectivity index (χ0v) is 37.7. The molecular weight excluding hydrogens is 903 g/mol. The fourth-order valence-electron chi connectivity index (χ4n) is 6.94. The molecule has 65 heavy (non-hydrogen) atoms. The van der Waals surface area contributed by atoms with Crippen molar-refractivity contribution in [3.05, 3.63) is 134 Å². The van der Waals surface area contributed by atoms with E-state index in [1.165, 1.54) is 47.0 Å². The standard InChI is InChI=1S/C46H42Cl2F3N9O4S/c1-4-20-65-45-55-41(40-42(56-45)60(58-57-40)25-27-8-12-30(47)13-9-27)53-17-19-64-18-16-52-39(61)15-10-28-21-36(50)31(37(51)22-28)24-54-43(62)29-11-14-33-38(23-29)59(44(63)46(33,2)3)26-32-34(48)6-5-7-35(32)49/h5-9,11-14,21-23H,4,16-20,24-26H2,1-3H3,(H,52,61)(H,54,62)(H,53,55,56). The minimum absolute atomic E-state index is 0.0893. The number of carbonyl (C=O) groups is 3. The number of fused-ring (bicyclic) bond motifs is 2. The van der Waals surface area contributed by atoms with Gasteiger partial charge in [-0.1, -0.05) is 77.3 Å². The van der Waals surface area contributed by atoms with Gasteiger partial charge in [-0.3, -0.25) is 14.4 Å². The van der Waals surface area contributed by atoms with Gasteiger partial charge >= 0.3 is 0 Å². The zero-order valence-electron chi connectivity index (χ0n) is 35.4. The average Bonchev–Trinajstić information content (AvgIpc) is 3.76. The van der Waals surface area contributed by atoms with E-state index in [2.05, 4.69) is 50.0 Å². The molecule has 6 aromatic rings. The van der Waals surface area contributed by atoms with E-state index in [1.54, 1.807) is 24.6 Å². The molecule has 0 saturated carbocycles. The molecule has 0 bridgehead atoms. The fraction of sp³-hybridized carbons (Fsp3) is 0.283. The fourth-order valence-corrected chi connectivity index (χ4v) is 7.98. The summed E-state index contributed by atoms with van der Waals surface area (Å²) in [5, 5.41) is 18.3. The van der Waals surface area contributed by atoms with Crippen molar-refractivity contribution in [3.63, 3.8) is 0 Å². The maximum Gasteiger partial charge on any atom is 0.296 e. The monoisotopic (exact) mass is 943 g/mol. The molecule has 0 fully saturated rings. The molecule has 0 radical (unpaired) electrons. The molecule has 3 N–H and O–H groups in total. The van der Waals surface area contributed by atoms with Crippen LogP contribution in [0.1, 0.15) is 65.4 Å². The summed E-state index contributed by atoms with van der Waals surface area (Å²) in [5.74, 6) is 1.94. The first kappa shape index (κ1) is 46.8. The van der Waals surface area contributed by atoms with Crippen LogP contribution in [0.3, 0.4) is 0 Å². The van der Waals surface area contributed by atoms with Gasteiger partial charge in [-0.05, 0) is 79.9 Å². The Morgan fingerprint density at radius 3 is 2.38 bits per heavy atom. The molecule has 0 saturated heterocycles. The Bertz CT molecular complexity index is 2790. The Morgan fingerprint density at radius 1 is 0.892 bits per heavy atom. The van der Waals surface area contributed by atoms with Crippen molar-refractivity contribution in [1.82, 2.24) is 35.6 Å². The van der Waals surface area contributed by atoms with Gasteiger partial charge in [-0.2, -0.15) is 0 Å². The van der Waals surface area contributed by atoms with E-state index in [0.717, 1.165) is 29.9 Å². The summed E-state index contributed by atoms with van der Waals surface area (Å²) in [7, 11) is 0. The summed E-state index contributed by atoms with van der Waals surface area (Å²) in [4.78, 5) is 49.8. The number of aromatic nitrogens is 5. The van der Waals surface area contributed by atoms with Crippen molar-refractivity contribution < 1.29 is 32.3 Å². The summed E-state index contributed by atoms with van der Waals surface area (Å²) in [6.45, 7) is 6.24. The van der Waals surface area contributed by atoms with Crippen LogP contribution >= 0.6 is 35.0 Å². The molecule has 3 heterocycles. The molecule has 0 spiro atoms. The van der Waals surface area contributed by atoms with Gasteiger partial charge < -0.3 is 25.6 Å². The van der Waals surface area contributed by atoms with Crippen molar-refractivity contribution >= 4 is 75.4 Å². The van der Waals surface area contributed by atoms with Crippen LogP contribution in [0.5, 0.6) is 0 Å². The Balaban J connectivity index is 0.881. The Kier molecular flexibility index (Phi) is 14.9. The normalized spacial score (nSPS) is 12.8. The van der Waals surface area contributed by atoms with Gasteiger partial charge in [0.15, 0.2) is 22.1 Å². The van der Waals surface area contributed by atoms with E-state index < -0.39 is 46.8 Å². The molecule has 1 aliphatic heterocycles. The lowest BCUT2D eigenvalue weighted by molar-refractivity contribution is -0.122. The lowest BCUT2D eigenvalue weighted by Gasteiger charge is -2.21. The summed E-state index contributed by atoms with van der Waals surface area (Å²) in [5.41, 5.74) is 1.86. The number of nitrogens with one attached hydrogen (secondary N) is 3. The summed E-state index contributed by atoms with van der Waals surface area (Å²) >= 11 is 13.8. The number of hydrogen-bond acceptors (Lipinski definition) is 10. The van der Waals surface area contributed by atoms with Crippen LogP contribution in [0.15, 0.2) is 78.0 Å². The number of ether oxygens (including phenoxy) is 1. The second-order valence-electron chi connectivity index (χ2n) is 15.3. The molecule has 0 aliphatic carbocycles. The molecular formula is C46H42Cl2F3N9O4S. The third-order valence-corrected chi connectivity index (χ3v) is 12.0. The van der Waals surface area contributed by atoms with Crippen LogP contribution in [0.4, 0.5) is 24.7 Å². The van der Waals surface area contributed by atoms with Gasteiger partial charge in [0.05, 0.1) is 31.7 Å². The van der Waals surface area contributed by atoms with Crippen LogP contribution < -0.4 is 20.9 Å². The van der Waals surface area contributed by atoms with E-state index in [0.29, 0.717) is 51.5 Å². The van der Waals surface area contributed by atoms with Gasteiger partial charge in [-0.25, -0.2) is 27.8 Å². The highest BCUT2D eigenvalue weighted by molar-refractivity contribution is 7.99. The summed E-state index contributed by atoms with van der Waals surface area (Å²) < 4.78 is 52.3. The third-order valence-electron chi connectivity index (χ3n) is 10.4. The highest BCUT2D eigenvalue weighted by atomic mass is 35.5. The Labute approximate surface area is 386 Å². The molecule has 0 unspecified atom stereocenters. The quantitative estimate of drug-likeness (QED) is 0.0357. The number of thioether (sulfide) groups is 1. The van der Waals surface area contributed by atoms with Crippen molar-refractivity contribution in [2.24, 2.45) is 0 Å². The maximum atomic E-state index is 15.1. The SMILES string of the molecule is CCCSc1nc(NCCOCCNC(=O)C#Cc2cc(F)c(CNC(=O)c3ccc4c(c3)N(Cc3c(F)cccc3Cl)C(=O)C4(C)C)c(F)c2)c2nnn(Cc3ccc(Cl)cc3)c2n1. The van der Waals surface area contributed by atoms with Gasteiger partial charge in [0, 0.05) is 69.3 Å². The van der Waals surface area contributed by atoms with Crippen LogP contribution in [0.2, 0.25) is 10.0 Å². The summed E-state index contributed by atoms with van der Waals surface area (Å²) in [6.07, 6.45) is 0.948. The van der Waals surface area contributed by atoms with Gasteiger partial charge in [0.1, 0.15) is 17.5 Å². The predicted molar refractivity (Wildman–Crippen MR) is 243 cm³/mol. The van der Waals surface area contributed by atoms with Gasteiger partial charge in [-0.15, -0.1) is 5.10 Å². The molecule has 2 aromatic heterocycles. The molecule has 3 amide bonds. The second kappa shape index (κ2) is 20.8. The number of carbonyl (C=O) groups excluding carboxylic acids is 3. The molecule has 4 aromatic carbocycles. The number of halogens is 5. The first-order chi connectivity index (χ1) is 31.2. The van der Waals surface area contributed by atoms with E-state index in [-0.39, 0.29) is 53.9 Å². The first-order valence-electron chi connectivity index (χ1n) is 20.5. The van der Waals surface area contributed by atoms with Crippen LogP contribution in [0.25, 0.3) is 11.2 Å². The van der Waals surface area contributed by atoms with Crippen molar-refractivity contribution in [1.29, 1.82) is 0 Å². The Morgan fingerprint density at radius 2 is 1.65 bits per heavy atom. The van der Waals surface area contributed by atoms with E-state index in [4.69, 9.17) is 32.9 Å². The maximum absolute atomic E-state index is 15.1. The number of benzene rings is 4. The van der Waals surface area contributed by atoms with Gasteiger partial charge in [0.25, 0.3) is 11.8 Å². The average molecular weight is 945 g/mol. The molecule has 19 heteroatoms. The summed E-state index contributed by atoms with van der Waals surface area (Å²) in [6, 6.07) is 18.2. The highest BCUT2D eigenvalue weighted by Crippen LogP contribution is 2.43. The predicted octanol–water partition coefficient (Wildman–Crippen LogP) is 7.85. The van der Waals surface area contributed by atoms with E-state index >= 15 is 8.78 Å². The van der Waals surface area contributed by atoms with Gasteiger partial charge in [0.2, 0.25) is 5.91 Å². The van der Waals surface area contributed by atoms with Crippen LogP contribution in [-0.4, -0.2) is 74.7 Å². The van der Waals surface area contributed by atoms with Crippen LogP contribution in [0, 0.1) is 29.3 Å². The second-order valence-corrected chi connectivity index (χ2v) is 17.2. The molecule has 13 nitrogen and oxygen atoms in total. The molecule has 0 atom stereocenters. The Hall–Kier alpha value is -6.19. The minimum Gasteiger partial charge on any atom is -0.378 e. The number of hydrogen-bond donors (Lipinski definition) is 3. The number of rotatable bonds is 17.